The predicted molar refractivity (Wildman–Crippen MR) is 106 cm³/mol. The summed E-state index contributed by atoms with van der Waals surface area (Å²) in [5, 5.41) is 7.43. The van der Waals surface area contributed by atoms with Gasteiger partial charge in [-0.3, -0.25) is 4.79 Å². The van der Waals surface area contributed by atoms with Crippen molar-refractivity contribution in [3.05, 3.63) is 71.6 Å². The van der Waals surface area contributed by atoms with Crippen molar-refractivity contribution in [2.75, 3.05) is 5.32 Å². The van der Waals surface area contributed by atoms with E-state index >= 15 is 0 Å². The lowest BCUT2D eigenvalue weighted by Gasteiger charge is -2.07. The number of hydrogen-bond acceptors (Lipinski definition) is 5. The highest BCUT2D eigenvalue weighted by molar-refractivity contribution is 6.30. The Hall–Kier alpha value is -3.45. The van der Waals surface area contributed by atoms with E-state index in [1.54, 1.807) is 35.0 Å². The van der Waals surface area contributed by atoms with Gasteiger partial charge in [-0.1, -0.05) is 35.0 Å². The zero-order chi connectivity index (χ0) is 19.5. The van der Waals surface area contributed by atoms with E-state index in [1.807, 2.05) is 37.3 Å². The van der Waals surface area contributed by atoms with Gasteiger partial charge in [-0.15, -0.1) is 0 Å². The monoisotopic (exact) mass is 393 g/mol. The second kappa shape index (κ2) is 7.66. The smallest absolute Gasteiger partial charge is 0.258 e. The molecule has 7 nitrogen and oxygen atoms in total. The Balaban J connectivity index is 1.48. The first kappa shape index (κ1) is 17.9. The van der Waals surface area contributed by atoms with Crippen LogP contribution in [0.5, 0.6) is 0 Å². The number of imidazole rings is 1. The zero-order valence-corrected chi connectivity index (χ0v) is 15.7. The van der Waals surface area contributed by atoms with Crippen LogP contribution in [-0.4, -0.2) is 25.6 Å². The summed E-state index contributed by atoms with van der Waals surface area (Å²) in [6, 6.07) is 16.4. The zero-order valence-electron chi connectivity index (χ0n) is 15.0. The molecule has 2 aromatic carbocycles. The SMILES string of the molecule is Cc1nc(-c2noc(-c3ccccc3)n2)cn1CC(=O)Nc1ccc(Cl)cc1. The maximum atomic E-state index is 12.3. The maximum Gasteiger partial charge on any atom is 0.258 e. The Labute approximate surface area is 166 Å². The maximum absolute atomic E-state index is 12.3. The number of benzene rings is 2. The van der Waals surface area contributed by atoms with Gasteiger partial charge in [0.15, 0.2) is 0 Å². The van der Waals surface area contributed by atoms with Crippen LogP contribution in [0, 0.1) is 6.92 Å². The third-order valence-corrected chi connectivity index (χ3v) is 4.35. The van der Waals surface area contributed by atoms with Crippen LogP contribution in [0.1, 0.15) is 5.82 Å². The molecule has 0 spiro atoms. The van der Waals surface area contributed by atoms with Gasteiger partial charge in [0.25, 0.3) is 5.89 Å². The molecule has 0 atom stereocenters. The van der Waals surface area contributed by atoms with E-state index in [9.17, 15) is 4.79 Å². The molecule has 0 saturated heterocycles. The summed E-state index contributed by atoms with van der Waals surface area (Å²) in [6.45, 7) is 1.93. The average Bonchev–Trinajstić information content (AvgIpc) is 3.32. The van der Waals surface area contributed by atoms with Crippen molar-refractivity contribution in [3.63, 3.8) is 0 Å². The molecule has 0 aliphatic carbocycles. The van der Waals surface area contributed by atoms with E-state index in [-0.39, 0.29) is 12.5 Å². The summed E-state index contributed by atoms with van der Waals surface area (Å²) >= 11 is 5.86. The van der Waals surface area contributed by atoms with Crippen LogP contribution in [0.2, 0.25) is 5.02 Å². The van der Waals surface area contributed by atoms with Gasteiger partial charge in [0, 0.05) is 22.5 Å². The molecule has 2 heterocycles. The van der Waals surface area contributed by atoms with Crippen molar-refractivity contribution >= 4 is 23.2 Å². The van der Waals surface area contributed by atoms with Crippen molar-refractivity contribution < 1.29 is 9.32 Å². The molecule has 0 aliphatic rings. The molecule has 1 N–H and O–H groups in total. The molecule has 0 radical (unpaired) electrons. The molecule has 0 saturated carbocycles. The van der Waals surface area contributed by atoms with Crippen LogP contribution in [-0.2, 0) is 11.3 Å². The highest BCUT2D eigenvalue weighted by atomic mass is 35.5. The predicted octanol–water partition coefficient (Wildman–Crippen LogP) is 4.20. The minimum Gasteiger partial charge on any atom is -0.334 e. The number of halogens is 1. The summed E-state index contributed by atoms with van der Waals surface area (Å²) in [4.78, 5) is 21.1. The minimum atomic E-state index is -0.174. The number of nitrogens with one attached hydrogen (secondary N) is 1. The fourth-order valence-electron chi connectivity index (χ4n) is 2.69. The Kier molecular flexibility index (Phi) is 4.90. The number of carbonyl (C=O) groups is 1. The van der Waals surface area contributed by atoms with Crippen LogP contribution in [0.4, 0.5) is 5.69 Å². The third kappa shape index (κ3) is 3.94. The Morgan fingerprint density at radius 3 is 2.61 bits per heavy atom. The van der Waals surface area contributed by atoms with Crippen LogP contribution in [0.3, 0.4) is 0 Å². The summed E-state index contributed by atoms with van der Waals surface area (Å²) in [6.07, 6.45) is 1.73. The van der Waals surface area contributed by atoms with Gasteiger partial charge in [-0.2, -0.15) is 4.98 Å². The topological polar surface area (TPSA) is 85.8 Å². The number of rotatable bonds is 5. The Bertz CT molecular complexity index is 1100. The molecule has 1 amide bonds. The van der Waals surface area contributed by atoms with Crippen molar-refractivity contribution in [2.24, 2.45) is 0 Å². The Morgan fingerprint density at radius 1 is 1.11 bits per heavy atom. The first-order chi connectivity index (χ1) is 13.6. The van der Waals surface area contributed by atoms with Gasteiger partial charge in [-0.05, 0) is 43.3 Å². The van der Waals surface area contributed by atoms with E-state index < -0.39 is 0 Å². The molecule has 2 aromatic heterocycles. The molecule has 0 bridgehead atoms. The lowest BCUT2D eigenvalue weighted by Crippen LogP contribution is -2.19. The van der Waals surface area contributed by atoms with Crippen molar-refractivity contribution in [1.29, 1.82) is 0 Å². The van der Waals surface area contributed by atoms with Gasteiger partial charge in [-0.25, -0.2) is 4.98 Å². The van der Waals surface area contributed by atoms with E-state index in [2.05, 4.69) is 20.4 Å². The first-order valence-corrected chi connectivity index (χ1v) is 8.95. The van der Waals surface area contributed by atoms with Crippen LogP contribution in [0.25, 0.3) is 23.0 Å². The van der Waals surface area contributed by atoms with Crippen LogP contribution < -0.4 is 5.32 Å². The molecular weight excluding hydrogens is 378 g/mol. The summed E-state index contributed by atoms with van der Waals surface area (Å²) in [5.74, 6) is 1.29. The van der Waals surface area contributed by atoms with Gasteiger partial charge in [0.05, 0.1) is 0 Å². The summed E-state index contributed by atoms with van der Waals surface area (Å²) in [7, 11) is 0. The fraction of sp³-hybridized carbons (Fsp3) is 0.100. The quantitative estimate of drug-likeness (QED) is 0.549. The second-order valence-corrected chi connectivity index (χ2v) is 6.58. The molecule has 140 valence electrons. The van der Waals surface area contributed by atoms with Gasteiger partial charge >= 0.3 is 0 Å². The number of carbonyl (C=O) groups excluding carboxylic acids is 1. The number of aromatic nitrogens is 4. The van der Waals surface area contributed by atoms with E-state index in [1.165, 1.54) is 0 Å². The lowest BCUT2D eigenvalue weighted by atomic mass is 10.2. The van der Waals surface area contributed by atoms with Crippen molar-refractivity contribution in [2.45, 2.75) is 13.5 Å². The third-order valence-electron chi connectivity index (χ3n) is 4.09. The fourth-order valence-corrected chi connectivity index (χ4v) is 2.82. The average molecular weight is 394 g/mol. The number of anilines is 1. The van der Waals surface area contributed by atoms with Crippen LogP contribution >= 0.6 is 11.6 Å². The summed E-state index contributed by atoms with van der Waals surface area (Å²) < 4.78 is 7.06. The highest BCUT2D eigenvalue weighted by Crippen LogP contribution is 2.21. The van der Waals surface area contributed by atoms with Crippen molar-refractivity contribution in [3.8, 4) is 23.0 Å². The van der Waals surface area contributed by atoms with Gasteiger partial charge in [0.2, 0.25) is 11.7 Å². The minimum absolute atomic E-state index is 0.116. The molecule has 28 heavy (non-hydrogen) atoms. The number of hydrogen-bond donors (Lipinski definition) is 1. The molecule has 0 fully saturated rings. The van der Waals surface area contributed by atoms with Gasteiger partial charge < -0.3 is 14.4 Å². The van der Waals surface area contributed by atoms with E-state index in [0.29, 0.717) is 33.9 Å². The van der Waals surface area contributed by atoms with Crippen LogP contribution in [0.15, 0.2) is 65.3 Å². The number of amides is 1. The lowest BCUT2D eigenvalue weighted by molar-refractivity contribution is -0.116. The molecule has 4 rings (SSSR count). The van der Waals surface area contributed by atoms with Gasteiger partial charge in [0.1, 0.15) is 18.1 Å². The normalized spacial score (nSPS) is 10.8. The van der Waals surface area contributed by atoms with E-state index in [4.69, 9.17) is 16.1 Å². The molecule has 8 heteroatoms. The largest absolute Gasteiger partial charge is 0.334 e. The molecule has 0 unspecified atom stereocenters. The van der Waals surface area contributed by atoms with Crippen molar-refractivity contribution in [1.82, 2.24) is 19.7 Å². The molecule has 4 aromatic rings. The number of aryl methyl sites for hydroxylation is 1. The Morgan fingerprint density at radius 2 is 1.86 bits per heavy atom. The second-order valence-electron chi connectivity index (χ2n) is 6.15. The summed E-state index contributed by atoms with van der Waals surface area (Å²) in [5.41, 5.74) is 2.06. The number of nitrogens with zero attached hydrogens (tertiary/aromatic N) is 4. The van der Waals surface area contributed by atoms with E-state index in [0.717, 1.165) is 5.56 Å². The molecule has 0 aliphatic heterocycles. The first-order valence-electron chi connectivity index (χ1n) is 8.57. The standard InChI is InChI=1S/C20H16ClN5O2/c1-13-22-17(19-24-20(28-25-19)14-5-3-2-4-6-14)11-26(13)12-18(27)23-16-9-7-15(21)8-10-16/h2-11H,12H2,1H3,(H,23,27). The molecular formula is C20H16ClN5O2. The highest BCUT2D eigenvalue weighted by Gasteiger charge is 2.15.